The van der Waals surface area contributed by atoms with Crippen molar-refractivity contribution in [2.75, 3.05) is 0 Å². The van der Waals surface area contributed by atoms with Gasteiger partial charge in [-0.3, -0.25) is 14.9 Å². The third kappa shape index (κ3) is 2.29. The second-order valence-corrected chi connectivity index (χ2v) is 4.47. The average Bonchev–Trinajstić information content (AvgIpc) is 2.87. The molecule has 0 radical (unpaired) electrons. The predicted octanol–water partition coefficient (Wildman–Crippen LogP) is 2.57. The molecule has 0 saturated heterocycles. The maximum absolute atomic E-state index is 11.9. The Labute approximate surface area is 106 Å². The van der Waals surface area contributed by atoms with E-state index in [0.717, 1.165) is 11.3 Å². The van der Waals surface area contributed by atoms with E-state index in [9.17, 15) is 20.0 Å². The Morgan fingerprint density at radius 2 is 1.94 bits per heavy atom. The minimum atomic E-state index is -1.50. The van der Waals surface area contributed by atoms with Crippen LogP contribution < -0.4 is 0 Å². The molecule has 0 fully saturated rings. The first kappa shape index (κ1) is 12.4. The van der Waals surface area contributed by atoms with Crippen molar-refractivity contribution in [1.29, 1.82) is 0 Å². The normalized spacial score (nSPS) is 12.1. The van der Waals surface area contributed by atoms with Gasteiger partial charge in [0.15, 0.2) is 5.78 Å². The SMILES string of the molecule is O=C(c1ccccc1)C(O)c1ccsc1[N+](=O)[O-]. The summed E-state index contributed by atoms with van der Waals surface area (Å²) in [4.78, 5) is 22.1. The number of rotatable bonds is 4. The van der Waals surface area contributed by atoms with Crippen LogP contribution >= 0.6 is 11.3 Å². The van der Waals surface area contributed by atoms with E-state index in [0.29, 0.717) is 5.56 Å². The molecule has 0 spiro atoms. The molecule has 6 heteroatoms. The molecule has 5 nitrogen and oxygen atoms in total. The average molecular weight is 263 g/mol. The second kappa shape index (κ2) is 5.07. The number of carbonyl (C=O) groups excluding carboxylic acids is 1. The van der Waals surface area contributed by atoms with Gasteiger partial charge in [-0.05, 0) is 11.4 Å². The highest BCUT2D eigenvalue weighted by Gasteiger charge is 2.27. The van der Waals surface area contributed by atoms with Crippen LogP contribution in [-0.2, 0) is 0 Å². The van der Waals surface area contributed by atoms with Crippen LogP contribution in [0.25, 0.3) is 0 Å². The summed E-state index contributed by atoms with van der Waals surface area (Å²) in [6, 6.07) is 9.60. The van der Waals surface area contributed by atoms with Gasteiger partial charge < -0.3 is 5.11 Å². The highest BCUT2D eigenvalue weighted by atomic mass is 32.1. The zero-order valence-corrected chi connectivity index (χ0v) is 9.96. The second-order valence-electron chi connectivity index (χ2n) is 3.57. The van der Waals surface area contributed by atoms with E-state index in [1.54, 1.807) is 30.3 Å². The van der Waals surface area contributed by atoms with Crippen LogP contribution in [0.3, 0.4) is 0 Å². The van der Waals surface area contributed by atoms with E-state index >= 15 is 0 Å². The van der Waals surface area contributed by atoms with Crippen LogP contribution in [0.1, 0.15) is 22.0 Å². The van der Waals surface area contributed by atoms with Crippen molar-refractivity contribution in [2.24, 2.45) is 0 Å². The molecule has 92 valence electrons. The Bertz CT molecular complexity index is 579. The summed E-state index contributed by atoms with van der Waals surface area (Å²) in [5, 5.41) is 21.9. The van der Waals surface area contributed by atoms with E-state index in [1.807, 2.05) is 0 Å². The molecular weight excluding hydrogens is 254 g/mol. The molecule has 0 amide bonds. The maximum atomic E-state index is 11.9. The van der Waals surface area contributed by atoms with Crippen LogP contribution in [0.2, 0.25) is 0 Å². The van der Waals surface area contributed by atoms with Gasteiger partial charge in [0.1, 0.15) is 6.10 Å². The van der Waals surface area contributed by atoms with Crippen LogP contribution in [0, 0.1) is 10.1 Å². The largest absolute Gasteiger partial charge is 0.380 e. The molecule has 0 bridgehead atoms. The van der Waals surface area contributed by atoms with E-state index in [-0.39, 0.29) is 10.6 Å². The number of Topliss-reactive ketones (excluding diaryl/α,β-unsaturated/α-hetero) is 1. The van der Waals surface area contributed by atoms with Crippen LogP contribution in [0.4, 0.5) is 5.00 Å². The van der Waals surface area contributed by atoms with Gasteiger partial charge in [0.2, 0.25) is 0 Å². The summed E-state index contributed by atoms with van der Waals surface area (Å²) in [5.74, 6) is -0.544. The highest BCUT2D eigenvalue weighted by Crippen LogP contribution is 2.32. The quantitative estimate of drug-likeness (QED) is 0.522. The molecule has 0 aliphatic heterocycles. The fourth-order valence-electron chi connectivity index (χ4n) is 1.57. The van der Waals surface area contributed by atoms with Gasteiger partial charge in [0.25, 0.3) is 0 Å². The van der Waals surface area contributed by atoms with E-state index in [1.165, 1.54) is 11.4 Å². The molecule has 1 heterocycles. The number of hydrogen-bond acceptors (Lipinski definition) is 5. The summed E-state index contributed by atoms with van der Waals surface area (Å²) in [7, 11) is 0. The van der Waals surface area contributed by atoms with Gasteiger partial charge in [-0.25, -0.2) is 0 Å². The van der Waals surface area contributed by atoms with Gasteiger partial charge in [-0.2, -0.15) is 0 Å². The van der Waals surface area contributed by atoms with Gasteiger partial charge in [-0.1, -0.05) is 41.7 Å². The number of aliphatic hydroxyl groups excluding tert-OH is 1. The Kier molecular flexibility index (Phi) is 3.50. The highest BCUT2D eigenvalue weighted by molar-refractivity contribution is 7.13. The number of benzene rings is 1. The Hall–Kier alpha value is -2.05. The summed E-state index contributed by atoms with van der Waals surface area (Å²) < 4.78 is 0. The monoisotopic (exact) mass is 263 g/mol. The van der Waals surface area contributed by atoms with Crippen molar-refractivity contribution in [2.45, 2.75) is 6.10 Å². The summed E-state index contributed by atoms with van der Waals surface area (Å²) >= 11 is 0.887. The maximum Gasteiger partial charge on any atom is 0.330 e. The molecule has 1 N–H and O–H groups in total. The summed E-state index contributed by atoms with van der Waals surface area (Å²) in [6.45, 7) is 0. The Balaban J connectivity index is 2.32. The molecule has 0 aliphatic carbocycles. The number of thiophene rings is 1. The van der Waals surface area contributed by atoms with Gasteiger partial charge in [0.05, 0.1) is 10.5 Å². The van der Waals surface area contributed by atoms with Crippen LogP contribution in [0.5, 0.6) is 0 Å². The zero-order chi connectivity index (χ0) is 13.1. The first-order valence-electron chi connectivity index (χ1n) is 5.10. The third-order valence-corrected chi connectivity index (χ3v) is 3.32. The fourth-order valence-corrected chi connectivity index (χ4v) is 2.31. The van der Waals surface area contributed by atoms with Crippen LogP contribution in [0.15, 0.2) is 41.8 Å². The molecular formula is C12H9NO4S. The fraction of sp³-hybridized carbons (Fsp3) is 0.0833. The predicted molar refractivity (Wildman–Crippen MR) is 66.7 cm³/mol. The van der Waals surface area contributed by atoms with Gasteiger partial charge in [0, 0.05) is 5.56 Å². The van der Waals surface area contributed by atoms with E-state index < -0.39 is 16.8 Å². The van der Waals surface area contributed by atoms with Gasteiger partial charge >= 0.3 is 5.00 Å². The molecule has 1 atom stereocenters. The lowest BCUT2D eigenvalue weighted by atomic mass is 10.0. The lowest BCUT2D eigenvalue weighted by Gasteiger charge is -2.07. The number of aliphatic hydroxyl groups is 1. The topological polar surface area (TPSA) is 80.4 Å². The zero-order valence-electron chi connectivity index (χ0n) is 9.15. The van der Waals surface area contributed by atoms with Crippen molar-refractivity contribution in [3.63, 3.8) is 0 Å². The Morgan fingerprint density at radius 3 is 2.56 bits per heavy atom. The van der Waals surface area contributed by atoms with Crippen molar-refractivity contribution in [3.8, 4) is 0 Å². The Morgan fingerprint density at radius 1 is 1.28 bits per heavy atom. The van der Waals surface area contributed by atoms with Crippen molar-refractivity contribution in [3.05, 3.63) is 63.0 Å². The summed E-state index contributed by atoms with van der Waals surface area (Å²) in [5.41, 5.74) is 0.365. The first-order chi connectivity index (χ1) is 8.61. The van der Waals surface area contributed by atoms with Crippen LogP contribution in [-0.4, -0.2) is 15.8 Å². The number of ketones is 1. The third-order valence-electron chi connectivity index (χ3n) is 2.44. The molecule has 1 aromatic carbocycles. The molecule has 0 saturated carbocycles. The minimum absolute atomic E-state index is 0.0406. The molecule has 0 aliphatic rings. The molecule has 1 unspecified atom stereocenters. The molecule has 1 aromatic heterocycles. The summed E-state index contributed by atoms with van der Waals surface area (Å²) in [6.07, 6.45) is -1.50. The van der Waals surface area contributed by atoms with Crippen molar-refractivity contribution in [1.82, 2.24) is 0 Å². The van der Waals surface area contributed by atoms with Crippen molar-refractivity contribution < 1.29 is 14.8 Å². The molecule has 2 rings (SSSR count). The van der Waals surface area contributed by atoms with E-state index in [2.05, 4.69) is 0 Å². The lowest BCUT2D eigenvalue weighted by molar-refractivity contribution is -0.381. The standard InChI is InChI=1S/C12H9NO4S/c14-10(8-4-2-1-3-5-8)11(15)9-6-7-18-12(9)13(16)17/h1-7,11,15H. The minimum Gasteiger partial charge on any atom is -0.380 e. The number of nitro groups is 1. The van der Waals surface area contributed by atoms with Gasteiger partial charge in [-0.15, -0.1) is 0 Å². The lowest BCUT2D eigenvalue weighted by Crippen LogP contribution is -2.12. The smallest absolute Gasteiger partial charge is 0.330 e. The molecule has 2 aromatic rings. The first-order valence-corrected chi connectivity index (χ1v) is 5.98. The molecule has 18 heavy (non-hydrogen) atoms. The van der Waals surface area contributed by atoms with Crippen molar-refractivity contribution >= 4 is 22.1 Å². The van der Waals surface area contributed by atoms with E-state index in [4.69, 9.17) is 0 Å². The number of nitrogens with zero attached hydrogens (tertiary/aromatic N) is 1. The number of carbonyl (C=O) groups is 1. The number of hydrogen-bond donors (Lipinski definition) is 1.